The molecule has 0 radical (unpaired) electrons. The lowest BCUT2D eigenvalue weighted by Crippen LogP contribution is -2.39. The molecule has 0 amide bonds. The molecule has 0 spiro atoms. The summed E-state index contributed by atoms with van der Waals surface area (Å²) in [7, 11) is 1.57. The van der Waals surface area contributed by atoms with Gasteiger partial charge in [-0.1, -0.05) is 0 Å². The molecule has 2 aliphatic heterocycles. The largest absolute Gasteiger partial charge is 0.497 e. The maximum absolute atomic E-state index is 12.6. The fraction of sp³-hybridized carbons (Fsp3) is 0.316. The number of rotatable bonds is 2. The molecular formula is C19H18O6. The molecule has 6 nitrogen and oxygen atoms in total. The maximum atomic E-state index is 12.6. The van der Waals surface area contributed by atoms with E-state index in [2.05, 4.69) is 0 Å². The standard InChI is InChI=1S/C19H18O6/c1-10-5-14-15(23-9-22-14)8-12(10)13-6-11(21-4)7-16-17(13)18(20)25-19(2,3)24-16/h5-8H,9H2,1-4H3. The summed E-state index contributed by atoms with van der Waals surface area (Å²) in [4.78, 5) is 12.6. The molecule has 0 saturated carbocycles. The highest BCUT2D eigenvalue weighted by Crippen LogP contribution is 2.45. The lowest BCUT2D eigenvalue weighted by atomic mass is 9.94. The second kappa shape index (κ2) is 5.31. The molecule has 0 aromatic heterocycles. The molecule has 0 unspecified atom stereocenters. The van der Waals surface area contributed by atoms with Gasteiger partial charge in [-0.2, -0.15) is 0 Å². The molecule has 2 aromatic rings. The quantitative estimate of drug-likeness (QED) is 0.776. The molecule has 2 heterocycles. The highest BCUT2D eigenvalue weighted by atomic mass is 16.7. The van der Waals surface area contributed by atoms with E-state index in [1.807, 2.05) is 19.1 Å². The van der Waals surface area contributed by atoms with E-state index in [9.17, 15) is 4.79 Å². The van der Waals surface area contributed by atoms with Gasteiger partial charge in [0.05, 0.1) is 7.11 Å². The van der Waals surface area contributed by atoms with Crippen LogP contribution in [0.15, 0.2) is 24.3 Å². The Morgan fingerprint density at radius 2 is 1.68 bits per heavy atom. The van der Waals surface area contributed by atoms with E-state index in [0.717, 1.165) is 11.1 Å². The lowest BCUT2D eigenvalue weighted by Gasteiger charge is -2.33. The number of carbonyl (C=O) groups is 1. The number of hydrogen-bond acceptors (Lipinski definition) is 6. The topological polar surface area (TPSA) is 63.2 Å². The van der Waals surface area contributed by atoms with E-state index >= 15 is 0 Å². The van der Waals surface area contributed by atoms with Crippen LogP contribution in [0.4, 0.5) is 0 Å². The molecular weight excluding hydrogens is 324 g/mol. The van der Waals surface area contributed by atoms with E-state index in [0.29, 0.717) is 34.1 Å². The molecule has 130 valence electrons. The van der Waals surface area contributed by atoms with Gasteiger partial charge in [-0.05, 0) is 36.2 Å². The summed E-state index contributed by atoms with van der Waals surface area (Å²) in [5.74, 6) is 0.906. The Bertz CT molecular complexity index is 884. The fourth-order valence-electron chi connectivity index (χ4n) is 3.11. The van der Waals surface area contributed by atoms with Crippen LogP contribution >= 0.6 is 0 Å². The van der Waals surface area contributed by atoms with Crippen molar-refractivity contribution in [2.24, 2.45) is 0 Å². The van der Waals surface area contributed by atoms with Crippen LogP contribution in [-0.2, 0) is 4.74 Å². The summed E-state index contributed by atoms with van der Waals surface area (Å²) in [6.07, 6.45) is 0. The Kier molecular flexibility index (Phi) is 3.32. The van der Waals surface area contributed by atoms with Gasteiger partial charge in [0.25, 0.3) is 0 Å². The van der Waals surface area contributed by atoms with Gasteiger partial charge >= 0.3 is 5.97 Å². The third kappa shape index (κ3) is 2.54. The number of fused-ring (bicyclic) bond motifs is 2. The van der Waals surface area contributed by atoms with Crippen molar-refractivity contribution in [3.63, 3.8) is 0 Å². The molecule has 4 rings (SSSR count). The van der Waals surface area contributed by atoms with E-state index in [1.54, 1.807) is 33.1 Å². The van der Waals surface area contributed by atoms with E-state index in [4.69, 9.17) is 23.7 Å². The summed E-state index contributed by atoms with van der Waals surface area (Å²) < 4.78 is 27.5. The summed E-state index contributed by atoms with van der Waals surface area (Å²) in [6, 6.07) is 7.25. The van der Waals surface area contributed by atoms with Gasteiger partial charge in [0.2, 0.25) is 12.6 Å². The average molecular weight is 342 g/mol. The van der Waals surface area contributed by atoms with Crippen molar-refractivity contribution in [2.75, 3.05) is 13.9 Å². The van der Waals surface area contributed by atoms with E-state index < -0.39 is 11.8 Å². The van der Waals surface area contributed by atoms with Crippen molar-refractivity contribution in [3.8, 4) is 34.1 Å². The summed E-state index contributed by atoms with van der Waals surface area (Å²) in [5.41, 5.74) is 2.82. The zero-order valence-corrected chi connectivity index (χ0v) is 14.5. The number of cyclic esters (lactones) is 1. The van der Waals surface area contributed by atoms with Crippen LogP contribution in [0.25, 0.3) is 11.1 Å². The number of esters is 1. The van der Waals surface area contributed by atoms with Crippen LogP contribution in [0, 0.1) is 6.92 Å². The van der Waals surface area contributed by atoms with E-state index in [-0.39, 0.29) is 6.79 Å². The van der Waals surface area contributed by atoms with Gasteiger partial charge in [0.15, 0.2) is 11.5 Å². The molecule has 0 saturated heterocycles. The Hall–Kier alpha value is -2.89. The maximum Gasteiger partial charge on any atom is 0.345 e. The molecule has 2 aromatic carbocycles. The predicted molar refractivity (Wildman–Crippen MR) is 89.4 cm³/mol. The van der Waals surface area contributed by atoms with Crippen molar-refractivity contribution >= 4 is 5.97 Å². The number of carbonyl (C=O) groups excluding carboxylic acids is 1. The SMILES string of the molecule is COc1cc2c(c(-c3cc4c(cc3C)OCO4)c1)C(=O)OC(C)(C)O2. The van der Waals surface area contributed by atoms with Crippen molar-refractivity contribution < 1.29 is 28.5 Å². The fourth-order valence-corrected chi connectivity index (χ4v) is 3.11. The van der Waals surface area contributed by atoms with Crippen molar-refractivity contribution in [1.29, 1.82) is 0 Å². The van der Waals surface area contributed by atoms with Gasteiger partial charge < -0.3 is 23.7 Å². The average Bonchev–Trinajstić information content (AvgIpc) is 2.98. The zero-order chi connectivity index (χ0) is 17.8. The molecule has 0 atom stereocenters. The first-order chi connectivity index (χ1) is 11.9. The lowest BCUT2D eigenvalue weighted by molar-refractivity contribution is -0.127. The van der Waals surface area contributed by atoms with Crippen molar-refractivity contribution in [1.82, 2.24) is 0 Å². The third-order valence-corrected chi connectivity index (χ3v) is 4.22. The van der Waals surface area contributed by atoms with Crippen LogP contribution in [0.5, 0.6) is 23.0 Å². The minimum absolute atomic E-state index is 0.188. The van der Waals surface area contributed by atoms with Gasteiger partial charge in [0, 0.05) is 25.5 Å². The van der Waals surface area contributed by atoms with Gasteiger partial charge in [-0.15, -0.1) is 0 Å². The normalized spacial score (nSPS) is 16.7. The molecule has 25 heavy (non-hydrogen) atoms. The Labute approximate surface area is 145 Å². The van der Waals surface area contributed by atoms with Gasteiger partial charge in [-0.25, -0.2) is 4.79 Å². The van der Waals surface area contributed by atoms with Gasteiger partial charge in [-0.3, -0.25) is 0 Å². The number of ether oxygens (including phenoxy) is 5. The number of methoxy groups -OCH3 is 1. The smallest absolute Gasteiger partial charge is 0.345 e. The summed E-state index contributed by atoms with van der Waals surface area (Å²) in [6.45, 7) is 5.52. The van der Waals surface area contributed by atoms with Crippen molar-refractivity contribution in [2.45, 2.75) is 26.6 Å². The summed E-state index contributed by atoms with van der Waals surface area (Å²) >= 11 is 0. The minimum atomic E-state index is -1.03. The molecule has 0 fully saturated rings. The number of aryl methyl sites for hydroxylation is 1. The van der Waals surface area contributed by atoms with Crippen LogP contribution in [0.3, 0.4) is 0 Å². The van der Waals surface area contributed by atoms with Crippen LogP contribution in [0.1, 0.15) is 29.8 Å². The van der Waals surface area contributed by atoms with E-state index in [1.165, 1.54) is 0 Å². The predicted octanol–water partition coefficient (Wildman–Crippen LogP) is 3.68. The highest BCUT2D eigenvalue weighted by molar-refractivity contribution is 6.02. The molecule has 6 heteroatoms. The molecule has 2 aliphatic rings. The first-order valence-electron chi connectivity index (χ1n) is 7.93. The Morgan fingerprint density at radius 1 is 0.960 bits per heavy atom. The van der Waals surface area contributed by atoms with Gasteiger partial charge in [0.1, 0.15) is 17.1 Å². The third-order valence-electron chi connectivity index (χ3n) is 4.22. The number of hydrogen-bond donors (Lipinski definition) is 0. The molecule has 0 aliphatic carbocycles. The monoisotopic (exact) mass is 342 g/mol. The minimum Gasteiger partial charge on any atom is -0.497 e. The zero-order valence-electron chi connectivity index (χ0n) is 14.5. The van der Waals surface area contributed by atoms with Crippen LogP contribution in [-0.4, -0.2) is 25.7 Å². The molecule has 0 N–H and O–H groups in total. The first-order valence-corrected chi connectivity index (χ1v) is 7.93. The highest BCUT2D eigenvalue weighted by Gasteiger charge is 2.37. The van der Waals surface area contributed by atoms with Crippen LogP contribution in [0.2, 0.25) is 0 Å². The Balaban J connectivity index is 1.95. The second-order valence-corrected chi connectivity index (χ2v) is 6.46. The second-order valence-electron chi connectivity index (χ2n) is 6.46. The number of benzene rings is 2. The first kappa shape index (κ1) is 15.6. The van der Waals surface area contributed by atoms with Crippen LogP contribution < -0.4 is 18.9 Å². The molecule has 0 bridgehead atoms. The van der Waals surface area contributed by atoms with Crippen molar-refractivity contribution in [3.05, 3.63) is 35.4 Å². The Morgan fingerprint density at radius 3 is 2.40 bits per heavy atom. The summed E-state index contributed by atoms with van der Waals surface area (Å²) in [5, 5.41) is 0.